The Morgan fingerprint density at radius 2 is 2.25 bits per heavy atom. The molecule has 1 unspecified atom stereocenters. The first-order valence-corrected chi connectivity index (χ1v) is 6.74. The summed E-state index contributed by atoms with van der Waals surface area (Å²) in [5.74, 6) is -0.165. The molecule has 0 saturated carbocycles. The maximum Gasteiger partial charge on any atom is 0.311 e. The molecule has 5 nitrogen and oxygen atoms in total. The van der Waals surface area contributed by atoms with Gasteiger partial charge in [-0.15, -0.1) is 0 Å². The molecule has 0 radical (unpaired) electrons. The van der Waals surface area contributed by atoms with E-state index in [1.807, 2.05) is 24.8 Å². The molecule has 1 aromatic rings. The monoisotopic (exact) mass is 273 g/mol. The number of carbonyl (C=O) groups is 1. The van der Waals surface area contributed by atoms with Crippen LogP contribution < -0.4 is 4.90 Å². The maximum atomic E-state index is 11.4. The summed E-state index contributed by atoms with van der Waals surface area (Å²) in [6.45, 7) is 6.67. The minimum atomic E-state index is -0.787. The first kappa shape index (κ1) is 14.3. The van der Waals surface area contributed by atoms with Crippen molar-refractivity contribution in [2.24, 2.45) is 5.41 Å². The first-order chi connectivity index (χ1) is 9.37. The van der Waals surface area contributed by atoms with Gasteiger partial charge in [-0.25, -0.2) is 4.98 Å². The Hall–Kier alpha value is -2.09. The van der Waals surface area contributed by atoms with Crippen LogP contribution in [0.3, 0.4) is 0 Å². The Morgan fingerprint density at radius 3 is 2.85 bits per heavy atom. The summed E-state index contributed by atoms with van der Waals surface area (Å²) < 4.78 is 0. The Bertz CT molecular complexity index is 592. The van der Waals surface area contributed by atoms with E-state index in [0.717, 1.165) is 24.2 Å². The van der Waals surface area contributed by atoms with E-state index >= 15 is 0 Å². The van der Waals surface area contributed by atoms with Crippen LogP contribution in [0.2, 0.25) is 0 Å². The molecule has 5 heteroatoms. The van der Waals surface area contributed by atoms with Crippen LogP contribution in [0.15, 0.2) is 6.07 Å². The molecule has 20 heavy (non-hydrogen) atoms. The second kappa shape index (κ2) is 5.12. The average molecular weight is 273 g/mol. The lowest BCUT2D eigenvalue weighted by molar-refractivity contribution is -0.148. The predicted octanol–water partition coefficient (Wildman–Crippen LogP) is 2.26. The Balaban J connectivity index is 2.42. The summed E-state index contributed by atoms with van der Waals surface area (Å²) in [5, 5.41) is 18.7. The molecule has 2 heterocycles. The van der Waals surface area contributed by atoms with E-state index in [0.29, 0.717) is 24.3 Å². The SMILES string of the molecule is Cc1cc(C)c(C#N)c(N2CCCC(C)(C(=O)O)C2)n1. The van der Waals surface area contributed by atoms with Gasteiger partial charge in [-0.3, -0.25) is 4.79 Å². The number of pyridine rings is 1. The first-order valence-electron chi connectivity index (χ1n) is 6.74. The highest BCUT2D eigenvalue weighted by atomic mass is 16.4. The highest BCUT2D eigenvalue weighted by molar-refractivity contribution is 5.75. The van der Waals surface area contributed by atoms with E-state index in [4.69, 9.17) is 0 Å². The number of carboxylic acids is 1. The molecule has 2 rings (SSSR count). The normalized spacial score (nSPS) is 22.4. The van der Waals surface area contributed by atoms with Crippen molar-refractivity contribution in [1.29, 1.82) is 5.26 Å². The highest BCUT2D eigenvalue weighted by Crippen LogP contribution is 2.33. The largest absolute Gasteiger partial charge is 0.481 e. The van der Waals surface area contributed by atoms with Crippen molar-refractivity contribution >= 4 is 11.8 Å². The molecule has 0 aromatic carbocycles. The van der Waals surface area contributed by atoms with Crippen LogP contribution in [-0.4, -0.2) is 29.1 Å². The van der Waals surface area contributed by atoms with Crippen molar-refractivity contribution in [2.45, 2.75) is 33.6 Å². The zero-order valence-electron chi connectivity index (χ0n) is 12.1. The number of piperidine rings is 1. The third-order valence-corrected chi connectivity index (χ3v) is 3.95. The maximum absolute atomic E-state index is 11.4. The average Bonchev–Trinajstić information content (AvgIpc) is 2.37. The van der Waals surface area contributed by atoms with Crippen LogP contribution in [0.1, 0.15) is 36.6 Å². The second-order valence-corrected chi connectivity index (χ2v) is 5.78. The third kappa shape index (κ3) is 2.46. The van der Waals surface area contributed by atoms with Gasteiger partial charge in [0.2, 0.25) is 0 Å². The second-order valence-electron chi connectivity index (χ2n) is 5.78. The summed E-state index contributed by atoms with van der Waals surface area (Å²) in [6, 6.07) is 4.07. The zero-order chi connectivity index (χ0) is 14.9. The van der Waals surface area contributed by atoms with Gasteiger partial charge in [-0.2, -0.15) is 5.26 Å². The number of anilines is 1. The molecule has 1 aliphatic heterocycles. The van der Waals surface area contributed by atoms with E-state index in [9.17, 15) is 15.2 Å². The van der Waals surface area contributed by atoms with Gasteiger partial charge in [0.1, 0.15) is 11.9 Å². The van der Waals surface area contributed by atoms with Gasteiger partial charge in [0.25, 0.3) is 0 Å². The fourth-order valence-electron chi connectivity index (χ4n) is 2.78. The van der Waals surface area contributed by atoms with Crippen molar-refractivity contribution in [3.8, 4) is 6.07 Å². The topological polar surface area (TPSA) is 77.2 Å². The minimum absolute atomic E-state index is 0.396. The van der Waals surface area contributed by atoms with E-state index in [1.54, 1.807) is 6.92 Å². The van der Waals surface area contributed by atoms with Crippen LogP contribution in [0.5, 0.6) is 0 Å². The molecule has 0 aliphatic carbocycles. The minimum Gasteiger partial charge on any atom is -0.481 e. The molecule has 1 N–H and O–H groups in total. The number of carboxylic acid groups (broad SMARTS) is 1. The summed E-state index contributed by atoms with van der Waals surface area (Å²) in [7, 11) is 0. The molecule has 1 saturated heterocycles. The Kier molecular flexibility index (Phi) is 3.67. The smallest absolute Gasteiger partial charge is 0.311 e. The predicted molar refractivity (Wildman–Crippen MR) is 75.6 cm³/mol. The van der Waals surface area contributed by atoms with Crippen molar-refractivity contribution in [2.75, 3.05) is 18.0 Å². The van der Waals surface area contributed by atoms with Gasteiger partial charge >= 0.3 is 5.97 Å². The number of aromatic nitrogens is 1. The molecular formula is C15H19N3O2. The number of hydrogen-bond donors (Lipinski definition) is 1. The summed E-state index contributed by atoms with van der Waals surface area (Å²) in [6.07, 6.45) is 1.45. The zero-order valence-corrected chi connectivity index (χ0v) is 12.1. The van der Waals surface area contributed by atoms with Crippen molar-refractivity contribution in [3.63, 3.8) is 0 Å². The Labute approximate surface area is 118 Å². The van der Waals surface area contributed by atoms with Gasteiger partial charge in [0, 0.05) is 18.8 Å². The number of rotatable bonds is 2. The van der Waals surface area contributed by atoms with Crippen LogP contribution >= 0.6 is 0 Å². The van der Waals surface area contributed by atoms with Gasteiger partial charge in [-0.1, -0.05) is 0 Å². The molecule has 0 amide bonds. The van der Waals surface area contributed by atoms with E-state index in [-0.39, 0.29) is 0 Å². The molecule has 1 fully saturated rings. The van der Waals surface area contributed by atoms with Gasteiger partial charge < -0.3 is 10.0 Å². The molecule has 1 aliphatic rings. The Morgan fingerprint density at radius 1 is 1.55 bits per heavy atom. The third-order valence-electron chi connectivity index (χ3n) is 3.95. The van der Waals surface area contributed by atoms with E-state index < -0.39 is 11.4 Å². The van der Waals surface area contributed by atoms with Crippen molar-refractivity contribution < 1.29 is 9.90 Å². The number of aliphatic carboxylic acids is 1. The van der Waals surface area contributed by atoms with Crippen LogP contribution in [0.25, 0.3) is 0 Å². The number of nitriles is 1. The highest BCUT2D eigenvalue weighted by Gasteiger charge is 2.38. The standard InChI is InChI=1S/C15H19N3O2/c1-10-7-11(2)17-13(12(10)8-16)18-6-4-5-15(3,9-18)14(19)20/h7H,4-6,9H2,1-3H3,(H,19,20). The lowest BCUT2D eigenvalue weighted by Gasteiger charge is -2.38. The van der Waals surface area contributed by atoms with Crippen LogP contribution in [0, 0.1) is 30.6 Å². The lowest BCUT2D eigenvalue weighted by Crippen LogP contribution is -2.46. The molecule has 0 bridgehead atoms. The van der Waals surface area contributed by atoms with E-state index in [1.165, 1.54) is 0 Å². The molecule has 1 aromatic heterocycles. The lowest BCUT2D eigenvalue weighted by atomic mass is 9.82. The summed E-state index contributed by atoms with van der Waals surface area (Å²) in [4.78, 5) is 17.8. The van der Waals surface area contributed by atoms with Gasteiger partial charge in [-0.05, 0) is 45.2 Å². The number of hydrogen-bond acceptors (Lipinski definition) is 4. The van der Waals surface area contributed by atoms with Crippen LogP contribution in [-0.2, 0) is 4.79 Å². The molecule has 1 atom stereocenters. The summed E-state index contributed by atoms with van der Waals surface area (Å²) in [5.41, 5.74) is 1.51. The van der Waals surface area contributed by atoms with Crippen LogP contribution in [0.4, 0.5) is 5.82 Å². The number of nitrogens with zero attached hydrogens (tertiary/aromatic N) is 3. The molecular weight excluding hydrogens is 254 g/mol. The molecule has 0 spiro atoms. The number of aryl methyl sites for hydroxylation is 2. The summed E-state index contributed by atoms with van der Waals surface area (Å²) >= 11 is 0. The molecule has 106 valence electrons. The fraction of sp³-hybridized carbons (Fsp3) is 0.533. The van der Waals surface area contributed by atoms with E-state index in [2.05, 4.69) is 11.1 Å². The fourth-order valence-corrected chi connectivity index (χ4v) is 2.78. The van der Waals surface area contributed by atoms with Gasteiger partial charge in [0.15, 0.2) is 0 Å². The van der Waals surface area contributed by atoms with Crippen molar-refractivity contribution in [3.05, 3.63) is 22.9 Å². The van der Waals surface area contributed by atoms with Crippen molar-refractivity contribution in [1.82, 2.24) is 4.98 Å². The van der Waals surface area contributed by atoms with Gasteiger partial charge in [0.05, 0.1) is 11.0 Å². The quantitative estimate of drug-likeness (QED) is 0.894.